The van der Waals surface area contributed by atoms with Crippen LogP contribution in [0.2, 0.25) is 0 Å². The van der Waals surface area contributed by atoms with Crippen molar-refractivity contribution in [3.05, 3.63) is 58.8 Å². The van der Waals surface area contributed by atoms with Crippen molar-refractivity contribution in [3.8, 4) is 11.5 Å². The molecule has 0 saturated carbocycles. The van der Waals surface area contributed by atoms with Gasteiger partial charge >= 0.3 is 5.69 Å². The van der Waals surface area contributed by atoms with Crippen LogP contribution in [0.1, 0.15) is 5.56 Å². The highest BCUT2D eigenvalue weighted by Crippen LogP contribution is 2.28. The number of aryl methyl sites for hydroxylation is 1. The van der Waals surface area contributed by atoms with Crippen molar-refractivity contribution in [3.63, 3.8) is 0 Å². The maximum absolute atomic E-state index is 12.7. The molecule has 0 bridgehead atoms. The van der Waals surface area contributed by atoms with Gasteiger partial charge in [-0.1, -0.05) is 12.1 Å². The summed E-state index contributed by atoms with van der Waals surface area (Å²) < 4.78 is 12.9. The molecular formula is C20H19N5O4. The molecule has 2 aromatic carbocycles. The molecule has 0 fully saturated rings. The fourth-order valence-corrected chi connectivity index (χ4v) is 3.17. The lowest BCUT2D eigenvalue weighted by Crippen LogP contribution is -2.28. The Morgan fingerprint density at radius 3 is 2.76 bits per heavy atom. The number of anilines is 1. The first-order valence-corrected chi connectivity index (χ1v) is 8.87. The Kier molecular flexibility index (Phi) is 4.63. The highest BCUT2D eigenvalue weighted by atomic mass is 16.5. The van der Waals surface area contributed by atoms with E-state index in [1.54, 1.807) is 18.2 Å². The van der Waals surface area contributed by atoms with Gasteiger partial charge in [0, 0.05) is 11.5 Å². The average Bonchev–Trinajstić information content (AvgIpc) is 3.04. The van der Waals surface area contributed by atoms with Gasteiger partial charge in [0.2, 0.25) is 5.91 Å². The zero-order valence-electron chi connectivity index (χ0n) is 16.2. The number of aromatic nitrogens is 4. The lowest BCUT2D eigenvalue weighted by Gasteiger charge is -2.11. The molecule has 29 heavy (non-hydrogen) atoms. The Morgan fingerprint density at radius 2 is 2.00 bits per heavy atom. The molecule has 1 N–H and O–H groups in total. The molecule has 2 heterocycles. The van der Waals surface area contributed by atoms with E-state index in [1.807, 2.05) is 25.1 Å². The van der Waals surface area contributed by atoms with Crippen molar-refractivity contribution in [2.75, 3.05) is 19.5 Å². The number of nitrogens with zero attached hydrogens (tertiary/aromatic N) is 4. The quantitative estimate of drug-likeness (QED) is 0.557. The van der Waals surface area contributed by atoms with Crippen LogP contribution in [0.15, 0.2) is 47.5 Å². The molecule has 9 heteroatoms. The van der Waals surface area contributed by atoms with Gasteiger partial charge in [0.05, 0.1) is 25.4 Å². The van der Waals surface area contributed by atoms with E-state index in [1.165, 1.54) is 24.9 Å². The fourth-order valence-electron chi connectivity index (χ4n) is 3.17. The van der Waals surface area contributed by atoms with E-state index >= 15 is 0 Å². The Morgan fingerprint density at radius 1 is 1.17 bits per heavy atom. The number of carbonyl (C=O) groups is 1. The van der Waals surface area contributed by atoms with Crippen LogP contribution < -0.4 is 20.5 Å². The van der Waals surface area contributed by atoms with Gasteiger partial charge in [-0.05, 0) is 30.7 Å². The standard InChI is InChI=1S/C20H19N5O4/c1-12-5-4-6-14-18(12)21-11-24-19(14)23-25(20(24)27)10-17(26)22-15-9-13(28-2)7-8-16(15)29-3/h4-9,11H,10H2,1-3H3,(H,22,26). The summed E-state index contributed by atoms with van der Waals surface area (Å²) in [4.78, 5) is 29.6. The van der Waals surface area contributed by atoms with Crippen molar-refractivity contribution in [2.24, 2.45) is 0 Å². The third kappa shape index (κ3) is 3.27. The second-order valence-electron chi connectivity index (χ2n) is 6.46. The van der Waals surface area contributed by atoms with Crippen LogP contribution in [0, 0.1) is 6.92 Å². The van der Waals surface area contributed by atoms with Crippen LogP contribution in [-0.4, -0.2) is 39.3 Å². The Hall–Kier alpha value is -3.88. The molecule has 4 aromatic rings. The molecule has 2 aromatic heterocycles. The van der Waals surface area contributed by atoms with E-state index in [0.717, 1.165) is 21.1 Å². The molecule has 0 saturated heterocycles. The van der Waals surface area contributed by atoms with E-state index in [9.17, 15) is 9.59 Å². The molecule has 0 aliphatic carbocycles. The predicted molar refractivity (Wildman–Crippen MR) is 108 cm³/mol. The van der Waals surface area contributed by atoms with Crippen LogP contribution in [0.3, 0.4) is 0 Å². The summed E-state index contributed by atoms with van der Waals surface area (Å²) in [5.74, 6) is 0.626. The smallest absolute Gasteiger partial charge is 0.352 e. The highest BCUT2D eigenvalue weighted by molar-refractivity contribution is 5.94. The van der Waals surface area contributed by atoms with Crippen LogP contribution in [0.5, 0.6) is 11.5 Å². The second kappa shape index (κ2) is 7.27. The summed E-state index contributed by atoms with van der Waals surface area (Å²) in [6.45, 7) is 1.68. The fraction of sp³-hybridized carbons (Fsp3) is 0.200. The van der Waals surface area contributed by atoms with Gasteiger partial charge < -0.3 is 14.8 Å². The minimum absolute atomic E-state index is 0.256. The average molecular weight is 393 g/mol. The summed E-state index contributed by atoms with van der Waals surface area (Å²) in [7, 11) is 3.04. The molecule has 0 atom stereocenters. The monoisotopic (exact) mass is 393 g/mol. The number of hydrogen-bond donors (Lipinski definition) is 1. The number of para-hydroxylation sites is 1. The number of ether oxygens (including phenoxy) is 2. The molecule has 0 spiro atoms. The first-order chi connectivity index (χ1) is 14.0. The van der Waals surface area contributed by atoms with Gasteiger partial charge in [-0.15, -0.1) is 5.10 Å². The molecule has 0 aliphatic rings. The number of fused-ring (bicyclic) bond motifs is 3. The summed E-state index contributed by atoms with van der Waals surface area (Å²) in [6, 6.07) is 10.7. The molecule has 0 radical (unpaired) electrons. The van der Waals surface area contributed by atoms with E-state index in [0.29, 0.717) is 22.8 Å². The summed E-state index contributed by atoms with van der Waals surface area (Å²) in [5, 5.41) is 7.83. The lowest BCUT2D eigenvalue weighted by atomic mass is 10.1. The molecule has 0 unspecified atom stereocenters. The van der Waals surface area contributed by atoms with Crippen LogP contribution in [0.25, 0.3) is 16.6 Å². The number of amides is 1. The van der Waals surface area contributed by atoms with Gasteiger partial charge in [-0.25, -0.2) is 18.9 Å². The van der Waals surface area contributed by atoms with Crippen molar-refractivity contribution < 1.29 is 14.3 Å². The van der Waals surface area contributed by atoms with Gasteiger partial charge in [0.15, 0.2) is 5.65 Å². The first kappa shape index (κ1) is 18.5. The minimum atomic E-state index is -0.441. The van der Waals surface area contributed by atoms with Crippen LogP contribution in [0.4, 0.5) is 5.69 Å². The number of nitrogens with one attached hydrogen (secondary N) is 1. The van der Waals surface area contributed by atoms with Crippen molar-refractivity contribution >= 4 is 28.1 Å². The second-order valence-corrected chi connectivity index (χ2v) is 6.46. The number of benzene rings is 2. The van der Waals surface area contributed by atoms with E-state index in [2.05, 4.69) is 15.4 Å². The Balaban J connectivity index is 1.67. The van der Waals surface area contributed by atoms with E-state index in [-0.39, 0.29) is 6.54 Å². The minimum Gasteiger partial charge on any atom is -0.497 e. The largest absolute Gasteiger partial charge is 0.497 e. The van der Waals surface area contributed by atoms with Crippen LogP contribution in [-0.2, 0) is 11.3 Å². The summed E-state index contributed by atoms with van der Waals surface area (Å²) in [6.07, 6.45) is 1.43. The Bertz CT molecular complexity index is 1290. The zero-order chi connectivity index (χ0) is 20.5. The number of hydrogen-bond acceptors (Lipinski definition) is 6. The maximum Gasteiger partial charge on any atom is 0.352 e. The summed E-state index contributed by atoms with van der Waals surface area (Å²) in [5.41, 5.74) is 2.20. The van der Waals surface area contributed by atoms with Crippen molar-refractivity contribution in [1.29, 1.82) is 0 Å². The molecule has 9 nitrogen and oxygen atoms in total. The number of methoxy groups -OCH3 is 2. The molecular weight excluding hydrogens is 374 g/mol. The highest BCUT2D eigenvalue weighted by Gasteiger charge is 2.15. The topological polar surface area (TPSA) is 99.8 Å². The third-order valence-corrected chi connectivity index (χ3v) is 4.63. The third-order valence-electron chi connectivity index (χ3n) is 4.63. The first-order valence-electron chi connectivity index (χ1n) is 8.87. The maximum atomic E-state index is 12.7. The van der Waals surface area contributed by atoms with Crippen molar-refractivity contribution in [2.45, 2.75) is 13.5 Å². The Labute approximate surface area is 165 Å². The SMILES string of the molecule is COc1ccc(OC)c(NC(=O)Cn2nc3c4cccc(C)c4ncn3c2=O)c1. The van der Waals surface area contributed by atoms with Gasteiger partial charge in [-0.2, -0.15) is 0 Å². The van der Waals surface area contributed by atoms with Gasteiger partial charge in [0.25, 0.3) is 0 Å². The molecule has 148 valence electrons. The molecule has 1 amide bonds. The molecule has 0 aliphatic heterocycles. The van der Waals surface area contributed by atoms with E-state index < -0.39 is 11.6 Å². The van der Waals surface area contributed by atoms with Crippen molar-refractivity contribution in [1.82, 2.24) is 19.2 Å². The van der Waals surface area contributed by atoms with E-state index in [4.69, 9.17) is 9.47 Å². The zero-order valence-corrected chi connectivity index (χ0v) is 16.2. The summed E-state index contributed by atoms with van der Waals surface area (Å²) >= 11 is 0. The predicted octanol–water partition coefficient (Wildman–Crippen LogP) is 2.01. The molecule has 4 rings (SSSR count). The lowest BCUT2D eigenvalue weighted by molar-refractivity contribution is -0.117. The normalized spacial score (nSPS) is 11.0. The number of rotatable bonds is 5. The number of carbonyl (C=O) groups excluding carboxylic acids is 1. The van der Waals surface area contributed by atoms with Gasteiger partial charge in [-0.3, -0.25) is 4.79 Å². The van der Waals surface area contributed by atoms with Gasteiger partial charge in [0.1, 0.15) is 24.4 Å². The van der Waals surface area contributed by atoms with Crippen LogP contribution >= 0.6 is 0 Å².